The third-order valence-electron chi connectivity index (χ3n) is 1.11. The van der Waals surface area contributed by atoms with Crippen LogP contribution in [0.3, 0.4) is 0 Å². The van der Waals surface area contributed by atoms with Crippen LogP contribution in [-0.4, -0.2) is 12.6 Å². The molecule has 0 heterocycles. The number of rotatable bonds is 4. The van der Waals surface area contributed by atoms with Gasteiger partial charge in [-0.25, -0.2) is 4.79 Å². The molecule has 0 atom stereocenters. The van der Waals surface area contributed by atoms with Gasteiger partial charge in [0.25, 0.3) is 0 Å². The van der Waals surface area contributed by atoms with Gasteiger partial charge in [-0.1, -0.05) is 12.0 Å². The molecule has 0 N–H and O–H groups in total. The first-order valence-electron chi connectivity index (χ1n) is 3.67. The predicted molar refractivity (Wildman–Crippen MR) is 44.2 cm³/mol. The van der Waals surface area contributed by atoms with Gasteiger partial charge in [-0.2, -0.15) is 0 Å². The van der Waals surface area contributed by atoms with Crippen molar-refractivity contribution in [1.82, 2.24) is 0 Å². The standard InChI is InChI=1S/C7H11N3O2/c1-3-6(9-10-8)5-7(11)12-4-2/h5H,3-4H2,1-2H3. The van der Waals surface area contributed by atoms with Crippen molar-refractivity contribution < 1.29 is 9.53 Å². The van der Waals surface area contributed by atoms with Gasteiger partial charge in [-0.15, -0.1) is 0 Å². The monoisotopic (exact) mass is 169 g/mol. The summed E-state index contributed by atoms with van der Waals surface area (Å²) in [5.41, 5.74) is 8.46. The summed E-state index contributed by atoms with van der Waals surface area (Å²) in [6, 6.07) is 0. The fourth-order valence-corrected chi connectivity index (χ4v) is 0.579. The third-order valence-corrected chi connectivity index (χ3v) is 1.11. The summed E-state index contributed by atoms with van der Waals surface area (Å²) in [5, 5.41) is 3.31. The molecule has 0 unspecified atom stereocenters. The van der Waals surface area contributed by atoms with E-state index in [0.717, 1.165) is 0 Å². The van der Waals surface area contributed by atoms with E-state index in [-0.39, 0.29) is 0 Å². The van der Waals surface area contributed by atoms with Crippen molar-refractivity contribution in [2.75, 3.05) is 6.61 Å². The van der Waals surface area contributed by atoms with Crippen molar-refractivity contribution in [3.8, 4) is 0 Å². The van der Waals surface area contributed by atoms with E-state index >= 15 is 0 Å². The van der Waals surface area contributed by atoms with E-state index in [1.807, 2.05) is 0 Å². The highest BCUT2D eigenvalue weighted by Crippen LogP contribution is 2.02. The van der Waals surface area contributed by atoms with Gasteiger partial charge in [-0.3, -0.25) is 0 Å². The highest BCUT2D eigenvalue weighted by molar-refractivity contribution is 5.82. The molecule has 5 nitrogen and oxygen atoms in total. The van der Waals surface area contributed by atoms with Gasteiger partial charge in [0.1, 0.15) is 0 Å². The summed E-state index contributed by atoms with van der Waals surface area (Å²) in [6.45, 7) is 3.83. The zero-order chi connectivity index (χ0) is 9.40. The van der Waals surface area contributed by atoms with E-state index in [9.17, 15) is 4.79 Å². The first kappa shape index (κ1) is 10.5. The Hall–Kier alpha value is -1.48. The summed E-state index contributed by atoms with van der Waals surface area (Å²) in [4.78, 5) is 13.4. The molecule has 0 radical (unpaired) electrons. The maximum absolute atomic E-state index is 10.8. The quantitative estimate of drug-likeness (QED) is 0.212. The van der Waals surface area contributed by atoms with Crippen LogP contribution in [0.5, 0.6) is 0 Å². The highest BCUT2D eigenvalue weighted by Gasteiger charge is 1.97. The molecular weight excluding hydrogens is 158 g/mol. The van der Waals surface area contributed by atoms with E-state index in [1.54, 1.807) is 13.8 Å². The molecule has 66 valence electrons. The number of carbonyl (C=O) groups is 1. The van der Waals surface area contributed by atoms with E-state index in [1.165, 1.54) is 6.08 Å². The molecule has 0 aliphatic heterocycles. The second-order valence-electron chi connectivity index (χ2n) is 1.93. The number of esters is 1. The minimum absolute atomic E-state index is 0.322. The first-order valence-corrected chi connectivity index (χ1v) is 3.67. The van der Waals surface area contributed by atoms with E-state index < -0.39 is 5.97 Å². The molecule has 0 bridgehead atoms. The molecule has 0 aliphatic rings. The van der Waals surface area contributed by atoms with Crippen LogP contribution in [0, 0.1) is 0 Å². The summed E-state index contributed by atoms with van der Waals surface area (Å²) in [7, 11) is 0. The van der Waals surface area contributed by atoms with Crippen molar-refractivity contribution in [3.05, 3.63) is 22.2 Å². The van der Waals surface area contributed by atoms with Crippen LogP contribution in [0.1, 0.15) is 20.3 Å². The molecule has 0 saturated carbocycles. The van der Waals surface area contributed by atoms with Gasteiger partial charge in [0.05, 0.1) is 6.61 Å². The molecule has 0 fully saturated rings. The number of nitrogens with zero attached hydrogens (tertiary/aromatic N) is 3. The Morgan fingerprint density at radius 2 is 2.33 bits per heavy atom. The minimum atomic E-state index is -0.471. The van der Waals surface area contributed by atoms with E-state index in [2.05, 4.69) is 14.8 Å². The average Bonchev–Trinajstić information content (AvgIpc) is 2.04. The van der Waals surface area contributed by atoms with Crippen LogP contribution in [0.2, 0.25) is 0 Å². The molecule has 0 aliphatic carbocycles. The Balaban J connectivity index is 4.27. The summed E-state index contributed by atoms with van der Waals surface area (Å²) >= 11 is 0. The smallest absolute Gasteiger partial charge is 0.330 e. The SMILES string of the molecule is CCOC(=O)C=C(CC)N=[N+]=[N-]. The Morgan fingerprint density at radius 1 is 1.67 bits per heavy atom. The van der Waals surface area contributed by atoms with Crippen LogP contribution >= 0.6 is 0 Å². The topological polar surface area (TPSA) is 75.1 Å². The normalized spacial score (nSPS) is 10.3. The fourth-order valence-electron chi connectivity index (χ4n) is 0.579. The summed E-state index contributed by atoms with van der Waals surface area (Å²) in [6.07, 6.45) is 1.71. The number of azide groups is 1. The van der Waals surface area contributed by atoms with Crippen LogP contribution in [0.25, 0.3) is 10.4 Å². The minimum Gasteiger partial charge on any atom is -0.463 e. The largest absolute Gasteiger partial charge is 0.463 e. The molecule has 0 aromatic heterocycles. The van der Waals surface area contributed by atoms with Gasteiger partial charge < -0.3 is 4.74 Å². The van der Waals surface area contributed by atoms with Crippen molar-refractivity contribution in [2.24, 2.45) is 5.11 Å². The third kappa shape index (κ3) is 4.35. The van der Waals surface area contributed by atoms with Crippen LogP contribution < -0.4 is 0 Å². The number of ether oxygens (including phenoxy) is 1. The molecule has 12 heavy (non-hydrogen) atoms. The Bertz CT molecular complexity index is 229. The lowest BCUT2D eigenvalue weighted by Crippen LogP contribution is -2.00. The maximum Gasteiger partial charge on any atom is 0.330 e. The highest BCUT2D eigenvalue weighted by atomic mass is 16.5. The van der Waals surface area contributed by atoms with Gasteiger partial charge in [0, 0.05) is 16.7 Å². The Morgan fingerprint density at radius 3 is 2.75 bits per heavy atom. The summed E-state index contributed by atoms with van der Waals surface area (Å²) < 4.78 is 4.62. The molecule has 0 spiro atoms. The average molecular weight is 169 g/mol. The Kier molecular flexibility index (Phi) is 5.47. The fraction of sp³-hybridized carbons (Fsp3) is 0.571. The predicted octanol–water partition coefficient (Wildman–Crippen LogP) is 2.15. The van der Waals surface area contributed by atoms with Gasteiger partial charge in [-0.05, 0) is 18.9 Å². The van der Waals surface area contributed by atoms with Crippen LogP contribution in [0.15, 0.2) is 16.9 Å². The van der Waals surface area contributed by atoms with Crippen LogP contribution in [-0.2, 0) is 9.53 Å². The second-order valence-corrected chi connectivity index (χ2v) is 1.93. The number of allylic oxidation sites excluding steroid dienone is 1. The van der Waals surface area contributed by atoms with E-state index in [4.69, 9.17) is 5.53 Å². The van der Waals surface area contributed by atoms with Crippen molar-refractivity contribution in [2.45, 2.75) is 20.3 Å². The van der Waals surface area contributed by atoms with E-state index in [0.29, 0.717) is 18.7 Å². The van der Waals surface area contributed by atoms with Gasteiger partial charge in [0.2, 0.25) is 0 Å². The summed E-state index contributed by atoms with van der Waals surface area (Å²) in [5.74, 6) is -0.471. The second kappa shape index (κ2) is 6.24. The molecule has 0 saturated heterocycles. The Labute approximate surface area is 70.6 Å². The van der Waals surface area contributed by atoms with Crippen molar-refractivity contribution in [3.63, 3.8) is 0 Å². The van der Waals surface area contributed by atoms with Gasteiger partial charge >= 0.3 is 5.97 Å². The number of carbonyl (C=O) groups excluding carboxylic acids is 1. The maximum atomic E-state index is 10.8. The number of hydrogen-bond donors (Lipinski definition) is 0. The molecule has 0 amide bonds. The van der Waals surface area contributed by atoms with Crippen LogP contribution in [0.4, 0.5) is 0 Å². The molecule has 0 rings (SSSR count). The first-order chi connectivity index (χ1) is 5.74. The molecular formula is C7H11N3O2. The zero-order valence-corrected chi connectivity index (χ0v) is 7.15. The van der Waals surface area contributed by atoms with Gasteiger partial charge in [0.15, 0.2) is 0 Å². The van der Waals surface area contributed by atoms with Crippen molar-refractivity contribution >= 4 is 5.97 Å². The molecule has 0 aromatic rings. The lowest BCUT2D eigenvalue weighted by Gasteiger charge is -1.96. The number of hydrogen-bond acceptors (Lipinski definition) is 3. The molecule has 0 aromatic carbocycles. The lowest BCUT2D eigenvalue weighted by atomic mass is 10.3. The van der Waals surface area contributed by atoms with Crippen molar-refractivity contribution in [1.29, 1.82) is 0 Å². The molecule has 5 heteroatoms. The zero-order valence-electron chi connectivity index (χ0n) is 7.15. The lowest BCUT2D eigenvalue weighted by molar-refractivity contribution is -0.137.